The second kappa shape index (κ2) is 6.68. The minimum Gasteiger partial charge on any atom is -0.491 e. The van der Waals surface area contributed by atoms with Gasteiger partial charge in [-0.05, 0) is 31.9 Å². The van der Waals surface area contributed by atoms with Crippen LogP contribution in [0.1, 0.15) is 19.8 Å². The van der Waals surface area contributed by atoms with E-state index in [0.29, 0.717) is 44.3 Å². The van der Waals surface area contributed by atoms with Crippen molar-refractivity contribution in [2.75, 3.05) is 29.6 Å². The Morgan fingerprint density at radius 1 is 1.28 bits per heavy atom. The number of hydrogen-bond donors (Lipinski definition) is 1. The van der Waals surface area contributed by atoms with Crippen molar-refractivity contribution in [1.82, 2.24) is 9.55 Å². The van der Waals surface area contributed by atoms with Crippen LogP contribution in [0.15, 0.2) is 24.4 Å². The van der Waals surface area contributed by atoms with E-state index in [1.54, 1.807) is 4.90 Å². The molecule has 9 nitrogen and oxygen atoms in total. The number of cyclic esters (lactones) is 1. The third-order valence-electron chi connectivity index (χ3n) is 5.76. The zero-order valence-corrected chi connectivity index (χ0v) is 16.1. The molecule has 1 aromatic heterocycles. The topological polar surface area (TPSA) is 97.1 Å². The highest BCUT2D eigenvalue weighted by Crippen LogP contribution is 2.38. The Balaban J connectivity index is 1.52. The number of nitrogens with zero attached hydrogens (tertiary/aromatic N) is 4. The predicted molar refractivity (Wildman–Crippen MR) is 104 cm³/mol. The van der Waals surface area contributed by atoms with Gasteiger partial charge in [0.2, 0.25) is 0 Å². The van der Waals surface area contributed by atoms with Crippen molar-refractivity contribution in [3.05, 3.63) is 24.4 Å². The fourth-order valence-corrected chi connectivity index (χ4v) is 4.32. The molecule has 3 aliphatic rings. The molecule has 1 aromatic carbocycles. The van der Waals surface area contributed by atoms with E-state index < -0.39 is 12.0 Å². The Morgan fingerprint density at radius 3 is 2.90 bits per heavy atom. The monoisotopic (exact) mass is 398 g/mol. The fraction of sp³-hybridized carbons (Fsp3) is 0.450. The van der Waals surface area contributed by atoms with Crippen molar-refractivity contribution in [3.63, 3.8) is 0 Å². The van der Waals surface area contributed by atoms with Crippen LogP contribution in [-0.4, -0.2) is 58.6 Å². The van der Waals surface area contributed by atoms with Gasteiger partial charge >= 0.3 is 12.1 Å². The lowest BCUT2D eigenvalue weighted by atomic mass is 10.1. The van der Waals surface area contributed by atoms with E-state index in [-0.39, 0.29) is 12.1 Å². The van der Waals surface area contributed by atoms with Gasteiger partial charge in [-0.2, -0.15) is 0 Å². The lowest BCUT2D eigenvalue weighted by Crippen LogP contribution is -2.35. The van der Waals surface area contributed by atoms with Gasteiger partial charge in [0, 0.05) is 24.5 Å². The number of ether oxygens (including phenoxy) is 2. The quantitative estimate of drug-likeness (QED) is 0.847. The van der Waals surface area contributed by atoms with Crippen LogP contribution in [0.3, 0.4) is 0 Å². The number of carbonyl (C=O) groups excluding carboxylic acids is 1. The lowest BCUT2D eigenvalue weighted by molar-refractivity contribution is -0.138. The normalized spacial score (nSPS) is 23.3. The molecule has 0 saturated carbocycles. The number of rotatable bonds is 3. The van der Waals surface area contributed by atoms with Crippen LogP contribution in [0.4, 0.5) is 16.3 Å². The minimum absolute atomic E-state index is 0.0668. The zero-order chi connectivity index (χ0) is 20.1. The summed E-state index contributed by atoms with van der Waals surface area (Å²) in [6, 6.07) is 5.16. The molecule has 3 aliphatic heterocycles. The van der Waals surface area contributed by atoms with E-state index in [4.69, 9.17) is 14.5 Å². The van der Waals surface area contributed by atoms with Gasteiger partial charge in [0.15, 0.2) is 5.82 Å². The van der Waals surface area contributed by atoms with Gasteiger partial charge in [0.25, 0.3) is 0 Å². The van der Waals surface area contributed by atoms with Gasteiger partial charge in [0.1, 0.15) is 30.8 Å². The molecule has 1 N–H and O–H groups in total. The number of aromatic nitrogens is 2. The van der Waals surface area contributed by atoms with Gasteiger partial charge in [-0.15, -0.1) is 0 Å². The lowest BCUT2D eigenvalue weighted by Gasteiger charge is -2.24. The van der Waals surface area contributed by atoms with E-state index >= 15 is 0 Å². The van der Waals surface area contributed by atoms with Crippen molar-refractivity contribution < 1.29 is 24.2 Å². The number of fused-ring (bicyclic) bond motifs is 3. The molecule has 2 aromatic rings. The molecular weight excluding hydrogens is 376 g/mol. The molecule has 4 heterocycles. The number of aliphatic carboxylic acids is 1. The summed E-state index contributed by atoms with van der Waals surface area (Å²) in [5.74, 6) is 1.16. The Hall–Kier alpha value is -3.23. The predicted octanol–water partition coefficient (Wildman–Crippen LogP) is 2.34. The third kappa shape index (κ3) is 2.88. The summed E-state index contributed by atoms with van der Waals surface area (Å²) >= 11 is 0. The molecule has 2 atom stereocenters. The smallest absolute Gasteiger partial charge is 0.415 e. The second-order valence-corrected chi connectivity index (χ2v) is 7.63. The Morgan fingerprint density at radius 2 is 2.14 bits per heavy atom. The highest BCUT2D eigenvalue weighted by molar-refractivity contribution is 5.89. The summed E-state index contributed by atoms with van der Waals surface area (Å²) in [6.45, 7) is 4.05. The van der Waals surface area contributed by atoms with Crippen LogP contribution in [0.2, 0.25) is 0 Å². The van der Waals surface area contributed by atoms with Gasteiger partial charge < -0.3 is 24.0 Å². The second-order valence-electron chi connectivity index (χ2n) is 7.63. The van der Waals surface area contributed by atoms with Crippen LogP contribution >= 0.6 is 0 Å². The molecule has 0 spiro atoms. The molecule has 2 fully saturated rings. The molecule has 0 aliphatic carbocycles. The molecule has 1 amide bonds. The number of benzene rings is 1. The molecule has 29 heavy (non-hydrogen) atoms. The summed E-state index contributed by atoms with van der Waals surface area (Å²) < 4.78 is 13.1. The SMILES string of the molecule is C[C@@H]1COC(=O)N1c1cn2c(n1)-c1ccc(N3CCC[C@H]3C(=O)O)cc1OCC2. The summed E-state index contributed by atoms with van der Waals surface area (Å²) in [6.07, 6.45) is 2.97. The average Bonchev–Trinajstić information content (AvgIpc) is 3.39. The van der Waals surface area contributed by atoms with Gasteiger partial charge in [-0.1, -0.05) is 0 Å². The van der Waals surface area contributed by atoms with E-state index in [1.807, 2.05) is 40.8 Å². The van der Waals surface area contributed by atoms with Gasteiger partial charge in [-0.25, -0.2) is 14.6 Å². The Bertz CT molecular complexity index is 987. The first kappa shape index (κ1) is 17.8. The van der Waals surface area contributed by atoms with E-state index in [9.17, 15) is 14.7 Å². The van der Waals surface area contributed by atoms with E-state index in [2.05, 4.69) is 0 Å². The van der Waals surface area contributed by atoms with E-state index in [1.165, 1.54) is 0 Å². The minimum atomic E-state index is -0.801. The molecule has 152 valence electrons. The maximum atomic E-state index is 12.1. The summed E-state index contributed by atoms with van der Waals surface area (Å²) in [7, 11) is 0. The first-order chi connectivity index (χ1) is 14.0. The molecule has 5 rings (SSSR count). The van der Waals surface area contributed by atoms with Crippen LogP contribution in [-0.2, 0) is 16.1 Å². The number of carboxylic acids is 1. The summed E-state index contributed by atoms with van der Waals surface area (Å²) in [5, 5.41) is 9.48. The maximum Gasteiger partial charge on any atom is 0.415 e. The first-order valence-corrected chi connectivity index (χ1v) is 9.83. The highest BCUT2D eigenvalue weighted by Gasteiger charge is 2.34. The zero-order valence-electron chi connectivity index (χ0n) is 16.1. The fourth-order valence-electron chi connectivity index (χ4n) is 4.32. The Kier molecular flexibility index (Phi) is 4.11. The van der Waals surface area contributed by atoms with Crippen molar-refractivity contribution in [2.45, 2.75) is 38.4 Å². The van der Waals surface area contributed by atoms with Crippen LogP contribution in [0.25, 0.3) is 11.4 Å². The van der Waals surface area contributed by atoms with Crippen LogP contribution in [0.5, 0.6) is 5.75 Å². The molecule has 0 unspecified atom stereocenters. The van der Waals surface area contributed by atoms with Crippen molar-refractivity contribution in [3.8, 4) is 17.1 Å². The summed E-state index contributed by atoms with van der Waals surface area (Å²) in [5.41, 5.74) is 1.66. The van der Waals surface area contributed by atoms with E-state index in [0.717, 1.165) is 23.5 Å². The standard InChI is InChI=1S/C20H22N4O5/c1-12-11-29-20(27)24(12)17-10-22-7-8-28-16-9-13(4-5-14(16)18(22)21-17)23-6-2-3-15(23)19(25)26/h4-5,9-10,12,15H,2-3,6-8,11H2,1H3,(H,25,26)/t12-,15+/m1/s1. The number of carbonyl (C=O) groups is 2. The molecule has 9 heteroatoms. The summed E-state index contributed by atoms with van der Waals surface area (Å²) in [4.78, 5) is 31.8. The number of amides is 1. The van der Waals surface area contributed by atoms with Crippen LogP contribution < -0.4 is 14.5 Å². The van der Waals surface area contributed by atoms with Crippen molar-refractivity contribution >= 4 is 23.6 Å². The Labute approximate surface area is 167 Å². The van der Waals surface area contributed by atoms with Gasteiger partial charge in [-0.3, -0.25) is 4.90 Å². The highest BCUT2D eigenvalue weighted by atomic mass is 16.6. The number of anilines is 2. The largest absolute Gasteiger partial charge is 0.491 e. The first-order valence-electron chi connectivity index (χ1n) is 9.83. The molecule has 0 bridgehead atoms. The van der Waals surface area contributed by atoms with Crippen LogP contribution in [0, 0.1) is 0 Å². The molecule has 2 saturated heterocycles. The number of hydrogen-bond acceptors (Lipinski definition) is 6. The number of carboxylic acid groups (broad SMARTS) is 1. The maximum absolute atomic E-state index is 12.1. The average molecular weight is 398 g/mol. The molecular formula is C20H22N4O5. The van der Waals surface area contributed by atoms with Crippen molar-refractivity contribution in [1.29, 1.82) is 0 Å². The van der Waals surface area contributed by atoms with Crippen molar-refractivity contribution in [2.24, 2.45) is 0 Å². The third-order valence-corrected chi connectivity index (χ3v) is 5.76. The molecule has 0 radical (unpaired) electrons. The number of imidazole rings is 1. The van der Waals surface area contributed by atoms with Gasteiger partial charge in [0.05, 0.1) is 18.2 Å².